The van der Waals surface area contributed by atoms with Gasteiger partial charge >= 0.3 is 6.01 Å². The van der Waals surface area contributed by atoms with E-state index in [2.05, 4.69) is 20.3 Å². The first-order chi connectivity index (χ1) is 10.1. The van der Waals surface area contributed by atoms with Crippen molar-refractivity contribution in [2.24, 2.45) is 17.8 Å². The molecule has 0 atom stereocenters. The van der Waals surface area contributed by atoms with E-state index in [9.17, 15) is 0 Å². The van der Waals surface area contributed by atoms with Gasteiger partial charge in [-0.3, -0.25) is 0 Å². The molecule has 4 aliphatic rings. The molecular weight excluding hydrogens is 266 g/mol. The van der Waals surface area contributed by atoms with Crippen LogP contribution in [0.4, 0.5) is 11.9 Å². The number of ether oxygens (including phenoxy) is 1. The van der Waals surface area contributed by atoms with Gasteiger partial charge < -0.3 is 15.8 Å². The van der Waals surface area contributed by atoms with Crippen LogP contribution in [0.1, 0.15) is 45.4 Å². The van der Waals surface area contributed by atoms with Crippen LogP contribution in [0.3, 0.4) is 0 Å². The lowest BCUT2D eigenvalue weighted by molar-refractivity contribution is 0.0103. The van der Waals surface area contributed by atoms with E-state index in [0.717, 1.165) is 17.8 Å². The van der Waals surface area contributed by atoms with Crippen molar-refractivity contribution >= 4 is 11.9 Å². The highest BCUT2D eigenvalue weighted by atomic mass is 16.5. The van der Waals surface area contributed by atoms with Crippen LogP contribution in [0.2, 0.25) is 0 Å². The van der Waals surface area contributed by atoms with Crippen LogP contribution in [0, 0.1) is 17.8 Å². The molecule has 0 radical (unpaired) electrons. The highest BCUT2D eigenvalue weighted by Gasteiger charge is 2.51. The largest absolute Gasteiger partial charge is 0.464 e. The zero-order valence-corrected chi connectivity index (χ0v) is 12.5. The maximum Gasteiger partial charge on any atom is 0.323 e. The summed E-state index contributed by atoms with van der Waals surface area (Å²) in [7, 11) is 0. The zero-order valence-electron chi connectivity index (χ0n) is 12.5. The number of rotatable bonds is 4. The molecule has 3 N–H and O–H groups in total. The lowest BCUT2D eigenvalue weighted by atomic mass is 9.53. The average Bonchev–Trinajstić information content (AvgIpc) is 2.35. The molecule has 114 valence electrons. The van der Waals surface area contributed by atoms with Crippen molar-refractivity contribution in [1.82, 2.24) is 15.0 Å². The van der Waals surface area contributed by atoms with E-state index in [1.165, 1.54) is 38.5 Å². The van der Waals surface area contributed by atoms with Crippen LogP contribution in [0.5, 0.6) is 6.01 Å². The summed E-state index contributed by atoms with van der Waals surface area (Å²) >= 11 is 0. The van der Waals surface area contributed by atoms with Crippen molar-refractivity contribution in [2.75, 3.05) is 17.7 Å². The zero-order chi connectivity index (χ0) is 14.4. The Hall–Kier alpha value is -1.59. The van der Waals surface area contributed by atoms with Gasteiger partial charge in [-0.2, -0.15) is 15.0 Å². The van der Waals surface area contributed by atoms with Gasteiger partial charge in [0.15, 0.2) is 0 Å². The Morgan fingerprint density at radius 2 is 1.71 bits per heavy atom. The summed E-state index contributed by atoms with van der Waals surface area (Å²) in [6.07, 6.45) is 8.00. The van der Waals surface area contributed by atoms with Crippen molar-refractivity contribution in [3.8, 4) is 6.01 Å². The molecule has 0 unspecified atom stereocenters. The summed E-state index contributed by atoms with van der Waals surface area (Å²) in [5, 5.41) is 3.60. The van der Waals surface area contributed by atoms with E-state index >= 15 is 0 Å². The lowest BCUT2D eigenvalue weighted by Gasteiger charge is -2.56. The van der Waals surface area contributed by atoms with Gasteiger partial charge in [-0.1, -0.05) is 0 Å². The van der Waals surface area contributed by atoms with E-state index in [4.69, 9.17) is 10.5 Å². The molecule has 0 saturated heterocycles. The van der Waals surface area contributed by atoms with Crippen LogP contribution >= 0.6 is 0 Å². The standard InChI is InChI=1S/C15H23N5O/c1-2-21-14-18-12(16)17-13(19-14)20-15-6-9-3-10(7-15)5-11(4-9)8-15/h9-11H,2-8H2,1H3,(H3,16,17,18,19,20). The Kier molecular flexibility index (Phi) is 2.94. The Morgan fingerprint density at radius 1 is 1.10 bits per heavy atom. The van der Waals surface area contributed by atoms with E-state index in [1.807, 2.05) is 6.92 Å². The molecule has 0 aliphatic heterocycles. The SMILES string of the molecule is CCOc1nc(N)nc(NC23CC4CC(CC(C4)C2)C3)n1. The molecule has 1 heterocycles. The summed E-state index contributed by atoms with van der Waals surface area (Å²) in [4.78, 5) is 12.6. The van der Waals surface area contributed by atoms with Crippen molar-refractivity contribution in [1.29, 1.82) is 0 Å². The van der Waals surface area contributed by atoms with Crippen LogP contribution in [0.25, 0.3) is 0 Å². The number of hydrogen-bond donors (Lipinski definition) is 2. The third-order valence-electron chi connectivity index (χ3n) is 5.32. The quantitative estimate of drug-likeness (QED) is 0.884. The highest BCUT2D eigenvalue weighted by molar-refractivity contribution is 5.37. The normalized spacial score (nSPS) is 36.7. The number of nitrogens with one attached hydrogen (secondary N) is 1. The summed E-state index contributed by atoms with van der Waals surface area (Å²) in [5.41, 5.74) is 5.95. The molecule has 21 heavy (non-hydrogen) atoms. The van der Waals surface area contributed by atoms with Crippen LogP contribution < -0.4 is 15.8 Å². The molecule has 6 heteroatoms. The molecule has 1 aromatic heterocycles. The average molecular weight is 289 g/mol. The van der Waals surface area contributed by atoms with Crippen LogP contribution in [0.15, 0.2) is 0 Å². The number of aromatic nitrogens is 3. The molecule has 1 aromatic rings. The fraction of sp³-hybridized carbons (Fsp3) is 0.800. The Balaban J connectivity index is 1.58. The third kappa shape index (κ3) is 2.40. The fourth-order valence-corrected chi connectivity index (χ4v) is 5.12. The first-order valence-electron chi connectivity index (χ1n) is 8.07. The molecular formula is C15H23N5O. The number of nitrogen functional groups attached to an aromatic ring is 1. The van der Waals surface area contributed by atoms with Gasteiger partial charge in [0.05, 0.1) is 6.61 Å². The van der Waals surface area contributed by atoms with Gasteiger partial charge in [0.2, 0.25) is 11.9 Å². The van der Waals surface area contributed by atoms with Crippen LogP contribution in [-0.2, 0) is 0 Å². The van der Waals surface area contributed by atoms with Gasteiger partial charge in [-0.15, -0.1) is 0 Å². The number of hydrogen-bond acceptors (Lipinski definition) is 6. The maximum absolute atomic E-state index is 5.77. The third-order valence-corrected chi connectivity index (χ3v) is 5.32. The summed E-state index contributed by atoms with van der Waals surface area (Å²) < 4.78 is 5.37. The van der Waals surface area contributed by atoms with Crippen molar-refractivity contribution in [2.45, 2.75) is 51.0 Å². The molecule has 6 nitrogen and oxygen atoms in total. The van der Waals surface area contributed by atoms with E-state index < -0.39 is 0 Å². The monoisotopic (exact) mass is 289 g/mol. The van der Waals surface area contributed by atoms with Crippen LogP contribution in [-0.4, -0.2) is 27.1 Å². The smallest absolute Gasteiger partial charge is 0.323 e. The fourth-order valence-electron chi connectivity index (χ4n) is 5.12. The van der Waals surface area contributed by atoms with E-state index in [1.54, 1.807) is 0 Å². The molecule has 4 bridgehead atoms. The van der Waals surface area contributed by atoms with Crippen molar-refractivity contribution in [3.05, 3.63) is 0 Å². The predicted octanol–water partition coefficient (Wildman–Crippen LogP) is 2.23. The first kappa shape index (κ1) is 13.1. The van der Waals surface area contributed by atoms with Gasteiger partial charge in [0.1, 0.15) is 0 Å². The minimum atomic E-state index is 0.173. The van der Waals surface area contributed by atoms with Gasteiger partial charge in [-0.05, 0) is 63.2 Å². The summed E-state index contributed by atoms with van der Waals surface area (Å²) in [5.74, 6) is 3.45. The minimum Gasteiger partial charge on any atom is -0.464 e. The molecule has 5 rings (SSSR count). The molecule has 0 amide bonds. The van der Waals surface area contributed by atoms with Gasteiger partial charge in [-0.25, -0.2) is 0 Å². The highest BCUT2D eigenvalue weighted by Crippen LogP contribution is 2.56. The maximum atomic E-state index is 5.77. The summed E-state index contributed by atoms with van der Waals surface area (Å²) in [6.45, 7) is 2.44. The second kappa shape index (κ2) is 4.71. The summed E-state index contributed by atoms with van der Waals surface area (Å²) in [6, 6.07) is 0.317. The van der Waals surface area contributed by atoms with E-state index in [0.29, 0.717) is 18.6 Å². The van der Waals surface area contributed by atoms with E-state index in [-0.39, 0.29) is 11.5 Å². The molecule has 4 fully saturated rings. The Labute approximate surface area is 124 Å². The number of nitrogens with two attached hydrogens (primary N) is 1. The Morgan fingerprint density at radius 3 is 2.29 bits per heavy atom. The minimum absolute atomic E-state index is 0.173. The van der Waals surface area contributed by atoms with Crippen molar-refractivity contribution < 1.29 is 4.74 Å². The molecule has 0 spiro atoms. The number of nitrogens with zero attached hydrogens (tertiary/aromatic N) is 3. The number of anilines is 2. The van der Waals surface area contributed by atoms with Crippen molar-refractivity contribution in [3.63, 3.8) is 0 Å². The lowest BCUT2D eigenvalue weighted by Crippen LogP contribution is -2.55. The van der Waals surface area contributed by atoms with Gasteiger partial charge in [0, 0.05) is 5.54 Å². The first-order valence-corrected chi connectivity index (χ1v) is 8.07. The van der Waals surface area contributed by atoms with Gasteiger partial charge in [0.25, 0.3) is 0 Å². The molecule has 0 aromatic carbocycles. The Bertz CT molecular complexity index is 512. The molecule has 4 saturated carbocycles. The topological polar surface area (TPSA) is 86.0 Å². The molecule has 4 aliphatic carbocycles. The second-order valence-electron chi connectivity index (χ2n) is 7.06. The predicted molar refractivity (Wildman–Crippen MR) is 79.9 cm³/mol. The second-order valence-corrected chi connectivity index (χ2v) is 7.06.